The number of aryl methyl sites for hydroxylation is 2. The maximum Gasteiger partial charge on any atom is 0.280 e. The van der Waals surface area contributed by atoms with Gasteiger partial charge in [-0.05, 0) is 25.1 Å². The van der Waals surface area contributed by atoms with Gasteiger partial charge in [0.15, 0.2) is 0 Å². The first-order valence-electron chi connectivity index (χ1n) is 8.78. The van der Waals surface area contributed by atoms with Gasteiger partial charge in [0.2, 0.25) is 0 Å². The molecule has 3 N–H and O–H groups in total. The summed E-state index contributed by atoms with van der Waals surface area (Å²) < 4.78 is 33.5. The second-order valence-electron chi connectivity index (χ2n) is 6.55. The molecule has 160 valence electrons. The zero-order valence-electron chi connectivity index (χ0n) is 16.1. The van der Waals surface area contributed by atoms with Crippen LogP contribution in [0.25, 0.3) is 21.5 Å². The lowest BCUT2D eigenvalue weighted by atomic mass is 10.1. The van der Waals surface area contributed by atoms with E-state index in [9.17, 15) is 18.4 Å². The number of rotatable bonds is 5. The van der Waals surface area contributed by atoms with E-state index in [1.165, 1.54) is 10.9 Å². The number of thiophene rings is 1. The average molecular weight is 466 g/mol. The lowest BCUT2D eigenvalue weighted by Gasteiger charge is -2.10. The number of nitrogens with zero attached hydrogens (tertiary/aromatic N) is 3. The minimum Gasteiger partial charge on any atom is -0.464 e. The Hall–Kier alpha value is -3.31. The van der Waals surface area contributed by atoms with Gasteiger partial charge < -0.3 is 15.5 Å². The molecule has 4 aromatic heterocycles. The summed E-state index contributed by atoms with van der Waals surface area (Å²) >= 11 is 6.99. The van der Waals surface area contributed by atoms with Crippen LogP contribution >= 0.6 is 22.9 Å². The highest BCUT2D eigenvalue weighted by atomic mass is 35.5. The minimum atomic E-state index is -2.86. The molecule has 0 unspecified atom stereocenters. The number of hydrogen-bond donors (Lipinski definition) is 2. The van der Waals surface area contributed by atoms with Gasteiger partial charge in [0.25, 0.3) is 18.2 Å². The smallest absolute Gasteiger partial charge is 0.280 e. The normalized spacial score (nSPS) is 11.4. The van der Waals surface area contributed by atoms with E-state index in [2.05, 4.69) is 15.4 Å². The van der Waals surface area contributed by atoms with E-state index in [0.29, 0.717) is 5.69 Å². The molecule has 0 radical (unpaired) electrons. The van der Waals surface area contributed by atoms with Gasteiger partial charge in [-0.2, -0.15) is 5.10 Å². The number of hydrogen-bond acceptors (Lipinski definition) is 6. The van der Waals surface area contributed by atoms with Crippen LogP contribution in [0.15, 0.2) is 28.9 Å². The average Bonchev–Trinajstić information content (AvgIpc) is 3.40. The van der Waals surface area contributed by atoms with Gasteiger partial charge >= 0.3 is 0 Å². The molecule has 0 aliphatic heterocycles. The van der Waals surface area contributed by atoms with Crippen molar-refractivity contribution in [3.05, 3.63) is 51.4 Å². The van der Waals surface area contributed by atoms with E-state index in [1.54, 1.807) is 26.1 Å². The third-order valence-corrected chi connectivity index (χ3v) is 6.07. The van der Waals surface area contributed by atoms with Crippen molar-refractivity contribution < 1.29 is 22.8 Å². The molecule has 0 aliphatic rings. The molecular formula is C19H14ClF2N5O3S. The number of carbonyl (C=O) groups excluding carboxylic acids is 2. The Morgan fingerprint density at radius 2 is 2.13 bits per heavy atom. The zero-order valence-corrected chi connectivity index (χ0v) is 17.6. The maximum atomic E-state index is 13.4. The monoisotopic (exact) mass is 465 g/mol. The maximum absolute atomic E-state index is 13.4. The van der Waals surface area contributed by atoms with E-state index in [1.807, 2.05) is 0 Å². The van der Waals surface area contributed by atoms with Crippen molar-refractivity contribution >= 4 is 50.7 Å². The van der Waals surface area contributed by atoms with Gasteiger partial charge in [0, 0.05) is 18.0 Å². The van der Waals surface area contributed by atoms with Crippen LogP contribution in [-0.2, 0) is 7.05 Å². The molecule has 0 atom stereocenters. The third-order valence-electron chi connectivity index (χ3n) is 4.52. The molecule has 0 aromatic carbocycles. The fraction of sp³-hybridized carbons (Fsp3) is 0.158. The first-order chi connectivity index (χ1) is 14.7. The summed E-state index contributed by atoms with van der Waals surface area (Å²) in [7, 11) is 1.54. The van der Waals surface area contributed by atoms with E-state index < -0.39 is 23.9 Å². The number of nitrogens with two attached hydrogens (primary N) is 1. The molecule has 4 rings (SSSR count). The fourth-order valence-corrected chi connectivity index (χ4v) is 4.46. The molecule has 8 nitrogen and oxygen atoms in total. The number of anilines is 1. The number of fused-ring (bicyclic) bond motifs is 1. The van der Waals surface area contributed by atoms with Gasteiger partial charge in [-0.3, -0.25) is 14.3 Å². The molecule has 0 aliphatic carbocycles. The number of pyridine rings is 1. The molecule has 4 heterocycles. The number of aromatic nitrogens is 3. The predicted molar refractivity (Wildman–Crippen MR) is 112 cm³/mol. The van der Waals surface area contributed by atoms with E-state index >= 15 is 0 Å². The second kappa shape index (κ2) is 7.75. The summed E-state index contributed by atoms with van der Waals surface area (Å²) in [5.74, 6) is -1.25. The van der Waals surface area contributed by atoms with Crippen LogP contribution in [0.1, 0.15) is 38.0 Å². The standard InChI is InChI=1S/C19H14ClF2N5O3S/c1-7-12(20)14(27(2)26-7)18(29)25-13-11-8(10-4-3-5-30-10)6-9(16(21)22)24-19(11)31-15(13)17(23)28/h3-6,16H,1-2H3,(H2,23,28)(H,25,29). The van der Waals surface area contributed by atoms with Crippen LogP contribution in [0.4, 0.5) is 14.5 Å². The van der Waals surface area contributed by atoms with E-state index in [-0.39, 0.29) is 42.8 Å². The van der Waals surface area contributed by atoms with Gasteiger partial charge in [0.05, 0.1) is 22.7 Å². The second-order valence-corrected chi connectivity index (χ2v) is 7.93. The molecule has 0 fully saturated rings. The van der Waals surface area contributed by atoms with Crippen molar-refractivity contribution in [2.45, 2.75) is 13.3 Å². The lowest BCUT2D eigenvalue weighted by molar-refractivity contribution is 0.100. The number of alkyl halides is 2. The van der Waals surface area contributed by atoms with Crippen LogP contribution in [0, 0.1) is 6.92 Å². The van der Waals surface area contributed by atoms with Crippen LogP contribution in [0.3, 0.4) is 0 Å². The van der Waals surface area contributed by atoms with Gasteiger partial charge in [0.1, 0.15) is 26.9 Å². The summed E-state index contributed by atoms with van der Waals surface area (Å²) in [5, 5.41) is 7.12. The molecule has 0 bridgehead atoms. The highest BCUT2D eigenvalue weighted by Gasteiger charge is 2.27. The Kier molecular flexibility index (Phi) is 5.23. The highest BCUT2D eigenvalue weighted by Crippen LogP contribution is 2.42. The summed E-state index contributed by atoms with van der Waals surface area (Å²) in [6, 6.07) is 4.31. The topological polar surface area (TPSA) is 116 Å². The Balaban J connectivity index is 1.96. The molecule has 31 heavy (non-hydrogen) atoms. The molecule has 0 saturated carbocycles. The lowest BCUT2D eigenvalue weighted by Crippen LogP contribution is -2.19. The van der Waals surface area contributed by atoms with Crippen LogP contribution in [0.5, 0.6) is 0 Å². The fourth-order valence-electron chi connectivity index (χ4n) is 3.20. The van der Waals surface area contributed by atoms with Crippen LogP contribution in [-0.4, -0.2) is 26.6 Å². The molecule has 2 amide bonds. The Bertz CT molecular complexity index is 1330. The first-order valence-corrected chi connectivity index (χ1v) is 9.98. The van der Waals surface area contributed by atoms with Crippen molar-refractivity contribution in [3.8, 4) is 11.3 Å². The molecule has 12 heteroatoms. The Labute approximate surface area is 182 Å². The van der Waals surface area contributed by atoms with Crippen LogP contribution in [0.2, 0.25) is 5.02 Å². The summed E-state index contributed by atoms with van der Waals surface area (Å²) in [6.07, 6.45) is -1.48. The highest BCUT2D eigenvalue weighted by molar-refractivity contribution is 7.21. The van der Waals surface area contributed by atoms with Gasteiger partial charge in [-0.15, -0.1) is 11.3 Å². The molecule has 4 aromatic rings. The van der Waals surface area contributed by atoms with Gasteiger partial charge in [-0.25, -0.2) is 13.8 Å². The van der Waals surface area contributed by atoms with Crippen molar-refractivity contribution in [2.24, 2.45) is 12.8 Å². The Morgan fingerprint density at radius 1 is 1.39 bits per heavy atom. The number of primary amides is 1. The quantitative estimate of drug-likeness (QED) is 0.449. The van der Waals surface area contributed by atoms with Crippen LogP contribution < -0.4 is 11.1 Å². The largest absolute Gasteiger partial charge is 0.464 e. The van der Waals surface area contributed by atoms with Crippen molar-refractivity contribution in [1.82, 2.24) is 14.8 Å². The molecule has 0 saturated heterocycles. The number of nitrogens with one attached hydrogen (secondary N) is 1. The van der Waals surface area contributed by atoms with E-state index in [0.717, 1.165) is 17.4 Å². The van der Waals surface area contributed by atoms with Crippen molar-refractivity contribution in [2.75, 3.05) is 5.32 Å². The summed E-state index contributed by atoms with van der Waals surface area (Å²) in [6.45, 7) is 1.64. The van der Waals surface area contributed by atoms with E-state index in [4.69, 9.17) is 21.8 Å². The summed E-state index contributed by atoms with van der Waals surface area (Å²) in [5.41, 5.74) is 5.77. The summed E-state index contributed by atoms with van der Waals surface area (Å²) in [4.78, 5) is 29.1. The Morgan fingerprint density at radius 3 is 2.68 bits per heavy atom. The number of amides is 2. The SMILES string of the molecule is Cc1nn(C)c(C(=O)Nc2c(C(N)=O)sc3nc(C(F)F)cc(-c4ccco4)c23)c1Cl. The first kappa shape index (κ1) is 20.9. The van der Waals surface area contributed by atoms with Gasteiger partial charge in [-0.1, -0.05) is 11.6 Å². The van der Waals surface area contributed by atoms with Crippen molar-refractivity contribution in [3.63, 3.8) is 0 Å². The molecule has 0 spiro atoms. The third kappa shape index (κ3) is 3.55. The number of carbonyl (C=O) groups is 2. The van der Waals surface area contributed by atoms with Crippen molar-refractivity contribution in [1.29, 1.82) is 0 Å². The minimum absolute atomic E-state index is 0.0344. The zero-order chi connectivity index (χ0) is 22.4. The molecular weight excluding hydrogens is 452 g/mol. The predicted octanol–water partition coefficient (Wildman–Crippen LogP) is 4.54. The number of halogens is 3. The number of furan rings is 1.